The van der Waals surface area contributed by atoms with E-state index in [1.807, 2.05) is 11.3 Å². The van der Waals surface area contributed by atoms with Crippen molar-refractivity contribution < 1.29 is 0 Å². The predicted molar refractivity (Wildman–Crippen MR) is 52.1 cm³/mol. The highest BCUT2D eigenvalue weighted by Gasteiger charge is 2.37. The number of halogens is 2. The van der Waals surface area contributed by atoms with Gasteiger partial charge in [0.15, 0.2) is 0 Å². The summed E-state index contributed by atoms with van der Waals surface area (Å²) in [6.45, 7) is 0. The van der Waals surface area contributed by atoms with Crippen molar-refractivity contribution in [2.45, 2.75) is 17.2 Å². The van der Waals surface area contributed by atoms with Gasteiger partial charge >= 0.3 is 0 Å². The zero-order valence-corrected chi connectivity index (χ0v) is 9.17. The molecule has 0 bridgehead atoms. The number of thiophene rings is 1. The van der Waals surface area contributed by atoms with Gasteiger partial charge in [-0.1, -0.05) is 15.9 Å². The molecule has 0 radical (unpaired) electrons. The Morgan fingerprint density at radius 3 is 2.70 bits per heavy atom. The summed E-state index contributed by atoms with van der Waals surface area (Å²) in [6.07, 6.45) is 1.30. The first-order chi connectivity index (χ1) is 4.79. The van der Waals surface area contributed by atoms with Gasteiger partial charge in [0.2, 0.25) is 0 Å². The second-order valence-corrected chi connectivity index (χ2v) is 5.47. The van der Waals surface area contributed by atoms with Gasteiger partial charge in [0, 0.05) is 20.1 Å². The molecule has 54 valence electrons. The zero-order chi connectivity index (χ0) is 7.14. The van der Waals surface area contributed by atoms with E-state index in [1.165, 1.54) is 15.8 Å². The van der Waals surface area contributed by atoms with Crippen molar-refractivity contribution in [1.29, 1.82) is 0 Å². The van der Waals surface area contributed by atoms with Crippen LogP contribution in [0.15, 0.2) is 15.9 Å². The average molecular weight is 282 g/mol. The van der Waals surface area contributed by atoms with Crippen molar-refractivity contribution in [3.8, 4) is 0 Å². The molecular weight excluding hydrogens is 276 g/mol. The maximum Gasteiger partial charge on any atom is 0.0317 e. The van der Waals surface area contributed by atoms with E-state index in [0.29, 0.717) is 0 Å². The van der Waals surface area contributed by atoms with E-state index in [-0.39, 0.29) is 0 Å². The molecule has 0 N–H and O–H groups in total. The quantitative estimate of drug-likeness (QED) is 0.688. The fourth-order valence-corrected chi connectivity index (χ4v) is 3.70. The lowest BCUT2D eigenvalue weighted by molar-refractivity contribution is 1.18. The Kier molecular flexibility index (Phi) is 1.91. The van der Waals surface area contributed by atoms with Gasteiger partial charge in [-0.05, 0) is 33.8 Å². The van der Waals surface area contributed by atoms with Gasteiger partial charge in [-0.3, -0.25) is 0 Å². The van der Waals surface area contributed by atoms with Crippen LogP contribution in [0.3, 0.4) is 0 Å². The summed E-state index contributed by atoms with van der Waals surface area (Å²) < 4.78 is 1.28. The highest BCUT2D eigenvalue weighted by atomic mass is 79.9. The Morgan fingerprint density at radius 1 is 1.60 bits per heavy atom. The highest BCUT2D eigenvalue weighted by molar-refractivity contribution is 9.10. The fraction of sp³-hybridized carbons (Fsp3) is 0.429. The summed E-state index contributed by atoms with van der Waals surface area (Å²) in [5.41, 5.74) is 0. The highest BCUT2D eigenvalue weighted by Crippen LogP contribution is 2.50. The van der Waals surface area contributed by atoms with Gasteiger partial charge < -0.3 is 0 Å². The number of hydrogen-bond acceptors (Lipinski definition) is 1. The van der Waals surface area contributed by atoms with Crippen LogP contribution >= 0.6 is 43.2 Å². The summed E-state index contributed by atoms with van der Waals surface area (Å²) in [7, 11) is 0. The first-order valence-corrected chi connectivity index (χ1v) is 5.75. The summed E-state index contributed by atoms with van der Waals surface area (Å²) in [4.78, 5) is 2.24. The summed E-state index contributed by atoms with van der Waals surface area (Å²) in [5.74, 6) is 0.786. The Labute approximate surface area is 80.9 Å². The monoisotopic (exact) mass is 280 g/mol. The Bertz CT molecular complexity index is 244. The molecule has 0 aliphatic heterocycles. The van der Waals surface area contributed by atoms with Crippen LogP contribution in [0.2, 0.25) is 0 Å². The third-order valence-corrected chi connectivity index (χ3v) is 4.71. The van der Waals surface area contributed by atoms with E-state index in [2.05, 4.69) is 43.3 Å². The molecule has 2 rings (SSSR count). The maximum atomic E-state index is 3.59. The van der Waals surface area contributed by atoms with Crippen LogP contribution in [0.4, 0.5) is 0 Å². The molecule has 1 heterocycles. The fourth-order valence-electron chi connectivity index (χ4n) is 1.01. The van der Waals surface area contributed by atoms with Crippen molar-refractivity contribution in [3.63, 3.8) is 0 Å². The molecule has 10 heavy (non-hydrogen) atoms. The molecule has 0 saturated heterocycles. The molecule has 1 aromatic rings. The van der Waals surface area contributed by atoms with Gasteiger partial charge in [0.25, 0.3) is 0 Å². The largest absolute Gasteiger partial charge is 0.147 e. The minimum Gasteiger partial charge on any atom is -0.147 e. The molecule has 1 fully saturated rings. The van der Waals surface area contributed by atoms with Crippen LogP contribution in [0.25, 0.3) is 0 Å². The Hall–Kier alpha value is 0.660. The minimum atomic E-state index is 0.738. The van der Waals surface area contributed by atoms with Gasteiger partial charge in [-0.15, -0.1) is 11.3 Å². The van der Waals surface area contributed by atoms with E-state index in [1.54, 1.807) is 0 Å². The molecule has 2 atom stereocenters. The van der Waals surface area contributed by atoms with Crippen molar-refractivity contribution in [1.82, 2.24) is 0 Å². The van der Waals surface area contributed by atoms with E-state index in [9.17, 15) is 0 Å². The zero-order valence-electron chi connectivity index (χ0n) is 5.18. The molecule has 1 aliphatic carbocycles. The van der Waals surface area contributed by atoms with Crippen LogP contribution < -0.4 is 0 Å². The number of hydrogen-bond donors (Lipinski definition) is 0. The molecule has 1 aromatic heterocycles. The topological polar surface area (TPSA) is 0 Å². The standard InChI is InChI=1S/C7H6Br2S/c8-5-1-2-10-7(5)4-3-6(4)9/h1-2,4,6H,3H2. The van der Waals surface area contributed by atoms with Crippen LogP contribution in [0.5, 0.6) is 0 Å². The van der Waals surface area contributed by atoms with Gasteiger partial charge in [-0.25, -0.2) is 0 Å². The molecule has 3 heteroatoms. The van der Waals surface area contributed by atoms with Crippen LogP contribution in [-0.4, -0.2) is 4.83 Å². The van der Waals surface area contributed by atoms with Crippen LogP contribution in [-0.2, 0) is 0 Å². The normalized spacial score (nSPS) is 30.6. The molecule has 2 unspecified atom stereocenters. The summed E-state index contributed by atoms with van der Waals surface area (Å²) in [6, 6.07) is 2.12. The van der Waals surface area contributed by atoms with Crippen LogP contribution in [0.1, 0.15) is 17.2 Å². The van der Waals surface area contributed by atoms with Gasteiger partial charge in [0.05, 0.1) is 0 Å². The van der Waals surface area contributed by atoms with E-state index < -0.39 is 0 Å². The Balaban J connectivity index is 2.26. The molecule has 0 aromatic carbocycles. The molecule has 0 nitrogen and oxygen atoms in total. The maximum absolute atomic E-state index is 3.59. The van der Waals surface area contributed by atoms with Crippen molar-refractivity contribution >= 4 is 43.2 Å². The van der Waals surface area contributed by atoms with Crippen molar-refractivity contribution in [2.24, 2.45) is 0 Å². The molecule has 1 aliphatic rings. The second kappa shape index (κ2) is 2.61. The van der Waals surface area contributed by atoms with Gasteiger partial charge in [-0.2, -0.15) is 0 Å². The van der Waals surface area contributed by atoms with Gasteiger partial charge in [0.1, 0.15) is 0 Å². The summed E-state index contributed by atoms with van der Waals surface area (Å²) in [5, 5.41) is 2.14. The summed E-state index contributed by atoms with van der Waals surface area (Å²) >= 11 is 8.96. The first-order valence-electron chi connectivity index (χ1n) is 3.16. The van der Waals surface area contributed by atoms with E-state index in [0.717, 1.165) is 10.7 Å². The first kappa shape index (κ1) is 7.32. The lowest BCUT2D eigenvalue weighted by Gasteiger charge is -1.90. The molecule has 1 saturated carbocycles. The lowest BCUT2D eigenvalue weighted by atomic mass is 10.3. The SMILES string of the molecule is Brc1ccsc1C1CC1Br. The minimum absolute atomic E-state index is 0.738. The van der Waals surface area contributed by atoms with Crippen molar-refractivity contribution in [3.05, 3.63) is 20.8 Å². The third-order valence-electron chi connectivity index (χ3n) is 1.69. The second-order valence-electron chi connectivity index (χ2n) is 2.49. The number of rotatable bonds is 1. The third kappa shape index (κ3) is 1.19. The smallest absolute Gasteiger partial charge is 0.0317 e. The van der Waals surface area contributed by atoms with E-state index in [4.69, 9.17) is 0 Å². The van der Waals surface area contributed by atoms with Crippen LogP contribution in [0, 0.1) is 0 Å². The predicted octanol–water partition coefficient (Wildman–Crippen LogP) is 3.76. The Morgan fingerprint density at radius 2 is 2.30 bits per heavy atom. The molecule has 0 amide bonds. The van der Waals surface area contributed by atoms with Crippen molar-refractivity contribution in [2.75, 3.05) is 0 Å². The van der Waals surface area contributed by atoms with E-state index >= 15 is 0 Å². The average Bonchev–Trinajstić information content (AvgIpc) is 2.42. The lowest BCUT2D eigenvalue weighted by Crippen LogP contribution is -1.74. The molecular formula is C7H6Br2S. The molecule has 0 spiro atoms. The number of alkyl halides is 1.